The molecule has 3 nitrogen and oxygen atoms in total. The summed E-state index contributed by atoms with van der Waals surface area (Å²) in [6.45, 7) is 5.04. The van der Waals surface area contributed by atoms with Gasteiger partial charge in [0.25, 0.3) is 0 Å². The number of rotatable bonds is 6. The van der Waals surface area contributed by atoms with Gasteiger partial charge in [0, 0.05) is 31.4 Å². The Kier molecular flexibility index (Phi) is 5.02. The van der Waals surface area contributed by atoms with Crippen molar-refractivity contribution in [2.24, 2.45) is 0 Å². The summed E-state index contributed by atoms with van der Waals surface area (Å²) in [7, 11) is 0. The molecule has 0 spiro atoms. The van der Waals surface area contributed by atoms with E-state index in [9.17, 15) is 5.11 Å². The normalized spacial score (nSPS) is 23.2. The lowest BCUT2D eigenvalue weighted by Gasteiger charge is -2.27. The molecular formula is C15H24N2O. The van der Waals surface area contributed by atoms with Gasteiger partial charge in [-0.15, -0.1) is 0 Å². The summed E-state index contributed by atoms with van der Waals surface area (Å²) in [4.78, 5) is 2.43. The van der Waals surface area contributed by atoms with E-state index in [0.717, 1.165) is 26.1 Å². The van der Waals surface area contributed by atoms with E-state index in [4.69, 9.17) is 0 Å². The minimum absolute atomic E-state index is 0.168. The van der Waals surface area contributed by atoms with E-state index >= 15 is 0 Å². The van der Waals surface area contributed by atoms with Gasteiger partial charge in [-0.1, -0.05) is 31.5 Å². The maximum atomic E-state index is 9.58. The minimum Gasteiger partial charge on any atom is -0.392 e. The van der Waals surface area contributed by atoms with Crippen molar-refractivity contribution in [2.45, 2.75) is 38.3 Å². The van der Waals surface area contributed by atoms with Gasteiger partial charge in [0.05, 0.1) is 6.10 Å². The number of hydrogen-bond acceptors (Lipinski definition) is 3. The smallest absolute Gasteiger partial charge is 0.0680 e. The lowest BCUT2D eigenvalue weighted by Crippen LogP contribution is -2.38. The second-order valence-electron chi connectivity index (χ2n) is 5.13. The third kappa shape index (κ3) is 3.72. The molecule has 1 aliphatic heterocycles. The summed E-state index contributed by atoms with van der Waals surface area (Å²) in [5.74, 6) is 0. The second kappa shape index (κ2) is 6.76. The van der Waals surface area contributed by atoms with Crippen LogP contribution in [0.15, 0.2) is 30.3 Å². The molecule has 0 saturated carbocycles. The number of benzene rings is 1. The predicted octanol–water partition coefficient (Wildman–Crippen LogP) is 2.02. The monoisotopic (exact) mass is 248 g/mol. The van der Waals surface area contributed by atoms with Crippen LogP contribution in [0.3, 0.4) is 0 Å². The Labute approximate surface area is 110 Å². The molecule has 0 aliphatic carbocycles. The van der Waals surface area contributed by atoms with Crippen LogP contribution in [0.25, 0.3) is 0 Å². The molecule has 100 valence electrons. The molecule has 1 aromatic rings. The Balaban J connectivity index is 1.96. The van der Waals surface area contributed by atoms with Gasteiger partial charge in [-0.3, -0.25) is 0 Å². The Bertz CT molecular complexity index is 342. The van der Waals surface area contributed by atoms with Crippen LogP contribution in [0.2, 0.25) is 0 Å². The van der Waals surface area contributed by atoms with Crippen LogP contribution in [0.4, 0.5) is 5.69 Å². The molecule has 0 aromatic heterocycles. The molecule has 1 saturated heterocycles. The van der Waals surface area contributed by atoms with Crippen LogP contribution in [-0.4, -0.2) is 36.9 Å². The number of para-hydroxylation sites is 1. The maximum absolute atomic E-state index is 9.58. The van der Waals surface area contributed by atoms with Crippen molar-refractivity contribution < 1.29 is 5.11 Å². The maximum Gasteiger partial charge on any atom is 0.0680 e. The topological polar surface area (TPSA) is 35.5 Å². The van der Waals surface area contributed by atoms with Crippen LogP contribution in [0.1, 0.15) is 26.2 Å². The van der Waals surface area contributed by atoms with Crippen molar-refractivity contribution in [3.63, 3.8) is 0 Å². The molecule has 1 aliphatic rings. The fourth-order valence-electron chi connectivity index (χ4n) is 2.52. The van der Waals surface area contributed by atoms with Crippen molar-refractivity contribution in [3.8, 4) is 0 Å². The van der Waals surface area contributed by atoms with Crippen LogP contribution < -0.4 is 10.2 Å². The number of aliphatic hydroxyl groups excluding tert-OH is 1. The summed E-state index contributed by atoms with van der Waals surface area (Å²) in [5, 5.41) is 13.0. The van der Waals surface area contributed by atoms with Crippen molar-refractivity contribution >= 4 is 5.69 Å². The van der Waals surface area contributed by atoms with Gasteiger partial charge in [0.1, 0.15) is 0 Å². The lowest BCUT2D eigenvalue weighted by molar-refractivity contribution is 0.193. The van der Waals surface area contributed by atoms with E-state index < -0.39 is 0 Å². The average Bonchev–Trinajstić information content (AvgIpc) is 2.81. The standard InChI is InChI=1S/C15H24N2O/c1-2-3-9-17(14-7-5-4-6-8-14)12-13-10-15(18)11-16-13/h4-8,13,15-16,18H,2-3,9-12H2,1H3. The van der Waals surface area contributed by atoms with Crippen molar-refractivity contribution in [2.75, 3.05) is 24.5 Å². The summed E-state index contributed by atoms with van der Waals surface area (Å²) in [5.41, 5.74) is 1.29. The summed E-state index contributed by atoms with van der Waals surface area (Å²) in [6, 6.07) is 11.0. The van der Waals surface area contributed by atoms with E-state index in [-0.39, 0.29) is 6.10 Å². The highest BCUT2D eigenvalue weighted by Crippen LogP contribution is 2.17. The third-order valence-electron chi connectivity index (χ3n) is 3.54. The van der Waals surface area contributed by atoms with Crippen LogP contribution in [0.5, 0.6) is 0 Å². The molecule has 1 fully saturated rings. The van der Waals surface area contributed by atoms with E-state index in [2.05, 4.69) is 47.5 Å². The first-order valence-corrected chi connectivity index (χ1v) is 7.01. The molecule has 1 aromatic carbocycles. The number of hydrogen-bond donors (Lipinski definition) is 2. The molecule has 3 heteroatoms. The summed E-state index contributed by atoms with van der Waals surface area (Å²) in [6.07, 6.45) is 3.13. The molecule has 2 N–H and O–H groups in total. The minimum atomic E-state index is -0.168. The third-order valence-corrected chi connectivity index (χ3v) is 3.54. The van der Waals surface area contributed by atoms with E-state index in [1.54, 1.807) is 0 Å². The fraction of sp³-hybridized carbons (Fsp3) is 0.600. The Morgan fingerprint density at radius 2 is 2.11 bits per heavy atom. The van der Waals surface area contributed by atoms with Gasteiger partial charge < -0.3 is 15.3 Å². The van der Waals surface area contributed by atoms with Gasteiger partial charge in [-0.05, 0) is 25.0 Å². The van der Waals surface area contributed by atoms with Crippen molar-refractivity contribution in [1.29, 1.82) is 0 Å². The molecule has 2 atom stereocenters. The molecule has 18 heavy (non-hydrogen) atoms. The Morgan fingerprint density at radius 1 is 1.33 bits per heavy atom. The molecular weight excluding hydrogens is 224 g/mol. The quantitative estimate of drug-likeness (QED) is 0.808. The first-order chi connectivity index (χ1) is 8.79. The molecule has 2 rings (SSSR count). The van der Waals surface area contributed by atoms with Gasteiger partial charge in [-0.2, -0.15) is 0 Å². The molecule has 1 heterocycles. The van der Waals surface area contributed by atoms with Crippen LogP contribution >= 0.6 is 0 Å². The highest BCUT2D eigenvalue weighted by Gasteiger charge is 2.23. The van der Waals surface area contributed by atoms with Gasteiger partial charge in [-0.25, -0.2) is 0 Å². The lowest BCUT2D eigenvalue weighted by atomic mass is 10.1. The zero-order valence-electron chi connectivity index (χ0n) is 11.2. The average molecular weight is 248 g/mol. The van der Waals surface area contributed by atoms with Gasteiger partial charge >= 0.3 is 0 Å². The Hall–Kier alpha value is -1.06. The number of nitrogens with one attached hydrogen (secondary N) is 1. The number of anilines is 1. The van der Waals surface area contributed by atoms with E-state index in [1.807, 2.05) is 0 Å². The predicted molar refractivity (Wildman–Crippen MR) is 76.0 cm³/mol. The number of β-amino-alcohol motifs (C(OH)–C–C–N with tert-alkyl or cyclic N) is 1. The molecule has 2 unspecified atom stereocenters. The van der Waals surface area contributed by atoms with Crippen molar-refractivity contribution in [1.82, 2.24) is 5.32 Å². The number of nitrogens with zero attached hydrogens (tertiary/aromatic N) is 1. The summed E-state index contributed by atoms with van der Waals surface area (Å²) >= 11 is 0. The van der Waals surface area contributed by atoms with E-state index in [1.165, 1.54) is 18.5 Å². The first kappa shape index (κ1) is 13.4. The number of unbranched alkanes of at least 4 members (excludes halogenated alkanes) is 1. The van der Waals surface area contributed by atoms with Gasteiger partial charge in [0.15, 0.2) is 0 Å². The van der Waals surface area contributed by atoms with Crippen LogP contribution in [0, 0.1) is 0 Å². The largest absolute Gasteiger partial charge is 0.392 e. The highest BCUT2D eigenvalue weighted by atomic mass is 16.3. The highest BCUT2D eigenvalue weighted by molar-refractivity contribution is 5.46. The van der Waals surface area contributed by atoms with Crippen molar-refractivity contribution in [3.05, 3.63) is 30.3 Å². The first-order valence-electron chi connectivity index (χ1n) is 7.01. The summed E-state index contributed by atoms with van der Waals surface area (Å²) < 4.78 is 0. The van der Waals surface area contributed by atoms with Gasteiger partial charge in [0.2, 0.25) is 0 Å². The van der Waals surface area contributed by atoms with E-state index in [0.29, 0.717) is 6.04 Å². The molecule has 0 radical (unpaired) electrons. The second-order valence-corrected chi connectivity index (χ2v) is 5.13. The zero-order valence-corrected chi connectivity index (χ0v) is 11.2. The fourth-order valence-corrected chi connectivity index (χ4v) is 2.52. The number of aliphatic hydroxyl groups is 1. The Morgan fingerprint density at radius 3 is 2.72 bits per heavy atom. The zero-order chi connectivity index (χ0) is 12.8. The molecule has 0 amide bonds. The SMILES string of the molecule is CCCCN(CC1CC(O)CN1)c1ccccc1. The van der Waals surface area contributed by atoms with Crippen LogP contribution in [-0.2, 0) is 0 Å². The molecule has 0 bridgehead atoms.